The predicted octanol–water partition coefficient (Wildman–Crippen LogP) is 1.21. The quantitative estimate of drug-likeness (QED) is 0.679. The van der Waals surface area contributed by atoms with Gasteiger partial charge in [0.15, 0.2) is 0 Å². The number of phenolic OH excluding ortho intramolecular Hbond substituents is 1. The lowest BCUT2D eigenvalue weighted by Gasteiger charge is -2.10. The monoisotopic (exact) mass is 196 g/mol. The Balaban J connectivity index is 2.90. The number of carboxylic acids is 1. The third-order valence-corrected chi connectivity index (χ3v) is 1.91. The average molecular weight is 196 g/mol. The number of aromatic hydroxyl groups is 1. The Kier molecular flexibility index (Phi) is 3.09. The second-order valence-corrected chi connectivity index (χ2v) is 3.18. The Hall–Kier alpha value is -1.55. The fourth-order valence-electron chi connectivity index (χ4n) is 1.21. The summed E-state index contributed by atoms with van der Waals surface area (Å²) in [4.78, 5) is 10.3. The molecule has 0 fully saturated rings. The molecule has 1 atom stereocenters. The van der Waals surface area contributed by atoms with Crippen LogP contribution in [0.4, 0.5) is 0 Å². The fourth-order valence-corrected chi connectivity index (χ4v) is 1.21. The van der Waals surface area contributed by atoms with Gasteiger partial charge < -0.3 is 15.3 Å². The molecule has 1 rings (SSSR count). The molecule has 14 heavy (non-hydrogen) atoms. The van der Waals surface area contributed by atoms with Crippen molar-refractivity contribution >= 4 is 5.97 Å². The van der Waals surface area contributed by atoms with Crippen LogP contribution in [0.25, 0.3) is 0 Å². The van der Waals surface area contributed by atoms with E-state index in [1.54, 1.807) is 13.0 Å². The second-order valence-electron chi connectivity index (χ2n) is 3.18. The summed E-state index contributed by atoms with van der Waals surface area (Å²) in [5.41, 5.74) is 1.10. The second kappa shape index (κ2) is 4.11. The molecule has 0 amide bonds. The van der Waals surface area contributed by atoms with Gasteiger partial charge in [-0.15, -0.1) is 0 Å². The highest BCUT2D eigenvalue weighted by Gasteiger charge is 2.15. The van der Waals surface area contributed by atoms with Crippen LogP contribution in [0.3, 0.4) is 0 Å². The van der Waals surface area contributed by atoms with Crippen molar-refractivity contribution in [2.75, 3.05) is 0 Å². The number of carbonyl (C=O) groups is 1. The zero-order valence-electron chi connectivity index (χ0n) is 7.77. The highest BCUT2D eigenvalue weighted by atomic mass is 16.4. The number of benzene rings is 1. The van der Waals surface area contributed by atoms with Crippen molar-refractivity contribution in [2.45, 2.75) is 19.4 Å². The molecule has 4 heteroatoms. The van der Waals surface area contributed by atoms with E-state index in [4.69, 9.17) is 5.11 Å². The van der Waals surface area contributed by atoms with Crippen molar-refractivity contribution in [1.29, 1.82) is 0 Å². The third-order valence-electron chi connectivity index (χ3n) is 1.91. The number of aryl methyl sites for hydroxylation is 1. The number of hydrogen-bond acceptors (Lipinski definition) is 3. The van der Waals surface area contributed by atoms with Gasteiger partial charge in [0.25, 0.3) is 0 Å². The van der Waals surface area contributed by atoms with E-state index in [9.17, 15) is 15.0 Å². The summed E-state index contributed by atoms with van der Waals surface area (Å²) in [7, 11) is 0. The van der Waals surface area contributed by atoms with E-state index >= 15 is 0 Å². The molecule has 0 aromatic heterocycles. The zero-order chi connectivity index (χ0) is 10.7. The Morgan fingerprint density at radius 3 is 2.64 bits per heavy atom. The lowest BCUT2D eigenvalue weighted by atomic mass is 10.0. The first-order valence-corrected chi connectivity index (χ1v) is 4.20. The van der Waals surface area contributed by atoms with Crippen LogP contribution in [-0.2, 0) is 4.79 Å². The first kappa shape index (κ1) is 10.5. The van der Waals surface area contributed by atoms with E-state index in [1.807, 2.05) is 0 Å². The summed E-state index contributed by atoms with van der Waals surface area (Å²) in [6.45, 7) is 1.80. The number of hydrogen-bond donors (Lipinski definition) is 3. The highest BCUT2D eigenvalue weighted by Crippen LogP contribution is 2.26. The summed E-state index contributed by atoms with van der Waals surface area (Å²) in [5.74, 6) is -1.17. The summed E-state index contributed by atoms with van der Waals surface area (Å²) >= 11 is 0. The highest BCUT2D eigenvalue weighted by molar-refractivity contribution is 5.68. The predicted molar refractivity (Wildman–Crippen MR) is 50.1 cm³/mol. The maximum atomic E-state index is 10.3. The molecule has 0 aliphatic heterocycles. The number of aliphatic hydroxyl groups is 1. The van der Waals surface area contributed by atoms with Crippen molar-refractivity contribution in [3.63, 3.8) is 0 Å². The molecule has 0 radical (unpaired) electrons. The molecule has 4 nitrogen and oxygen atoms in total. The van der Waals surface area contributed by atoms with E-state index in [1.165, 1.54) is 12.1 Å². The zero-order valence-corrected chi connectivity index (χ0v) is 7.77. The molecule has 1 unspecified atom stereocenters. The molecule has 76 valence electrons. The lowest BCUT2D eigenvalue weighted by molar-refractivity contribution is -0.139. The molecule has 0 aliphatic rings. The topological polar surface area (TPSA) is 77.8 Å². The third kappa shape index (κ3) is 2.47. The van der Waals surface area contributed by atoms with Gasteiger partial charge in [-0.05, 0) is 18.6 Å². The minimum Gasteiger partial charge on any atom is -0.508 e. The van der Waals surface area contributed by atoms with Crippen LogP contribution >= 0.6 is 0 Å². The van der Waals surface area contributed by atoms with E-state index in [2.05, 4.69) is 0 Å². The minimum atomic E-state index is -1.16. The SMILES string of the molecule is Cc1ccc(C(O)CC(=O)O)c(O)c1. The van der Waals surface area contributed by atoms with Crippen molar-refractivity contribution < 1.29 is 20.1 Å². The van der Waals surface area contributed by atoms with Gasteiger partial charge in [0.05, 0.1) is 12.5 Å². The normalized spacial score (nSPS) is 12.4. The molecule has 3 N–H and O–H groups in total. The number of aliphatic carboxylic acids is 1. The molecule has 0 saturated carbocycles. The molecule has 1 aromatic rings. The van der Waals surface area contributed by atoms with Crippen molar-refractivity contribution in [3.05, 3.63) is 29.3 Å². The van der Waals surface area contributed by atoms with Crippen LogP contribution in [0.2, 0.25) is 0 Å². The van der Waals surface area contributed by atoms with E-state index in [0.717, 1.165) is 5.56 Å². The molecule has 0 heterocycles. The van der Waals surface area contributed by atoms with Gasteiger partial charge in [0.2, 0.25) is 0 Å². The molecule has 0 saturated heterocycles. The minimum absolute atomic E-state index is 0.0706. The first-order chi connectivity index (χ1) is 6.50. The Morgan fingerprint density at radius 1 is 1.50 bits per heavy atom. The van der Waals surface area contributed by atoms with Crippen LogP contribution in [0.5, 0.6) is 5.75 Å². The standard InChI is InChI=1S/C10H12O4/c1-6-2-3-7(8(11)4-6)9(12)5-10(13)14/h2-4,9,11-12H,5H2,1H3,(H,13,14). The molecular formula is C10H12O4. The Bertz CT molecular complexity index is 346. The van der Waals surface area contributed by atoms with Crippen LogP contribution < -0.4 is 0 Å². The van der Waals surface area contributed by atoms with Gasteiger partial charge in [-0.2, -0.15) is 0 Å². The van der Waals surface area contributed by atoms with E-state index in [-0.39, 0.29) is 11.3 Å². The van der Waals surface area contributed by atoms with Gasteiger partial charge in [0.1, 0.15) is 5.75 Å². The van der Waals surface area contributed by atoms with Crippen LogP contribution in [0.15, 0.2) is 18.2 Å². The Morgan fingerprint density at radius 2 is 2.14 bits per heavy atom. The average Bonchev–Trinajstić information content (AvgIpc) is 2.01. The number of carboxylic acid groups (broad SMARTS) is 1. The maximum absolute atomic E-state index is 10.3. The molecule has 0 spiro atoms. The van der Waals surface area contributed by atoms with Gasteiger partial charge in [0, 0.05) is 5.56 Å². The molecule has 0 bridgehead atoms. The van der Waals surface area contributed by atoms with E-state index in [0.29, 0.717) is 0 Å². The van der Waals surface area contributed by atoms with Crippen LogP contribution in [-0.4, -0.2) is 21.3 Å². The number of aliphatic hydroxyl groups excluding tert-OH is 1. The summed E-state index contributed by atoms with van der Waals surface area (Å²) < 4.78 is 0. The lowest BCUT2D eigenvalue weighted by Crippen LogP contribution is -2.05. The van der Waals surface area contributed by atoms with E-state index < -0.39 is 18.5 Å². The maximum Gasteiger partial charge on any atom is 0.306 e. The van der Waals surface area contributed by atoms with Gasteiger partial charge in [-0.25, -0.2) is 0 Å². The van der Waals surface area contributed by atoms with Crippen molar-refractivity contribution in [2.24, 2.45) is 0 Å². The summed E-state index contributed by atoms with van der Waals surface area (Å²) in [6.07, 6.45) is -1.57. The molecular weight excluding hydrogens is 184 g/mol. The molecule has 1 aromatic carbocycles. The largest absolute Gasteiger partial charge is 0.508 e. The van der Waals surface area contributed by atoms with Crippen LogP contribution in [0.1, 0.15) is 23.7 Å². The fraction of sp³-hybridized carbons (Fsp3) is 0.300. The number of rotatable bonds is 3. The molecule has 0 aliphatic carbocycles. The smallest absolute Gasteiger partial charge is 0.306 e. The summed E-state index contributed by atoms with van der Waals surface area (Å²) in [6, 6.07) is 4.72. The van der Waals surface area contributed by atoms with Gasteiger partial charge >= 0.3 is 5.97 Å². The van der Waals surface area contributed by atoms with Gasteiger partial charge in [-0.3, -0.25) is 4.79 Å². The number of phenols is 1. The first-order valence-electron chi connectivity index (χ1n) is 4.20. The summed E-state index contributed by atoms with van der Waals surface area (Å²) in [5, 5.41) is 27.3. The Labute approximate surface area is 81.4 Å². The van der Waals surface area contributed by atoms with Crippen LogP contribution in [0, 0.1) is 6.92 Å². The van der Waals surface area contributed by atoms with Crippen molar-refractivity contribution in [3.8, 4) is 5.75 Å². The van der Waals surface area contributed by atoms with Gasteiger partial charge in [-0.1, -0.05) is 12.1 Å². The van der Waals surface area contributed by atoms with Crippen molar-refractivity contribution in [1.82, 2.24) is 0 Å².